The van der Waals surface area contributed by atoms with Gasteiger partial charge in [-0.05, 0) is 26.1 Å². The van der Waals surface area contributed by atoms with Crippen LogP contribution in [0, 0.1) is 0 Å². The summed E-state index contributed by atoms with van der Waals surface area (Å²) in [7, 11) is -1.78. The summed E-state index contributed by atoms with van der Waals surface area (Å²) in [5.74, 6) is 0. The minimum atomic E-state index is -3.56. The van der Waals surface area contributed by atoms with Gasteiger partial charge in [-0.3, -0.25) is 0 Å². The van der Waals surface area contributed by atoms with E-state index in [0.29, 0.717) is 11.6 Å². The molecule has 2 aromatic rings. The van der Waals surface area contributed by atoms with Crippen molar-refractivity contribution < 1.29 is 8.42 Å². The summed E-state index contributed by atoms with van der Waals surface area (Å²) in [5, 5.41) is 5.28. The second-order valence-electron chi connectivity index (χ2n) is 4.54. The van der Waals surface area contributed by atoms with Gasteiger partial charge in [0.1, 0.15) is 5.01 Å². The van der Waals surface area contributed by atoms with Crippen LogP contribution in [0.4, 0.5) is 0 Å². The van der Waals surface area contributed by atoms with E-state index in [-0.39, 0.29) is 23.5 Å². The molecule has 9 heteroatoms. The largest absolute Gasteiger partial charge is 0.316 e. The summed E-state index contributed by atoms with van der Waals surface area (Å²) in [4.78, 5) is 4.22. The van der Waals surface area contributed by atoms with Crippen molar-refractivity contribution in [2.45, 2.75) is 18.0 Å². The smallest absolute Gasteiger partial charge is 0.258 e. The average molecular weight is 427 g/mol. The second-order valence-corrected chi connectivity index (χ2v) is 8.03. The number of aromatic nitrogens is 1. The number of nitrogens with zero attached hydrogens (tertiary/aromatic N) is 1. The van der Waals surface area contributed by atoms with Gasteiger partial charge in [-0.15, -0.1) is 23.7 Å². The van der Waals surface area contributed by atoms with Crippen molar-refractivity contribution >= 4 is 49.7 Å². The first-order valence-electron chi connectivity index (χ1n) is 6.31. The van der Waals surface area contributed by atoms with Gasteiger partial charge in [0.2, 0.25) is 0 Å². The summed E-state index contributed by atoms with van der Waals surface area (Å²) in [6.45, 7) is 2.22. The Morgan fingerprint density at radius 3 is 2.55 bits per heavy atom. The van der Waals surface area contributed by atoms with Crippen molar-refractivity contribution in [3.05, 3.63) is 34.1 Å². The summed E-state index contributed by atoms with van der Waals surface area (Å²) < 4.78 is 27.8. The quantitative estimate of drug-likeness (QED) is 0.745. The molecule has 1 atom stereocenters. The molecule has 0 fully saturated rings. The standard InChI is InChI=1S/C13H16BrN3O2S2.ClH/c1-9(15-2)7-16-21(18,19)12-8-20-13(17-12)10-3-5-11(14)6-4-10;/h3-6,8-9,15-16H,7H2,1-2H3;1H. The van der Waals surface area contributed by atoms with Gasteiger partial charge < -0.3 is 5.32 Å². The lowest BCUT2D eigenvalue weighted by molar-refractivity contribution is 0.552. The highest BCUT2D eigenvalue weighted by Gasteiger charge is 2.19. The molecular formula is C13H17BrClN3O2S2. The van der Waals surface area contributed by atoms with Crippen LogP contribution in [0.25, 0.3) is 10.6 Å². The lowest BCUT2D eigenvalue weighted by Crippen LogP contribution is -2.37. The lowest BCUT2D eigenvalue weighted by atomic mass is 10.2. The van der Waals surface area contributed by atoms with Gasteiger partial charge in [-0.2, -0.15) is 0 Å². The van der Waals surface area contributed by atoms with Crippen molar-refractivity contribution in [3.63, 3.8) is 0 Å². The van der Waals surface area contributed by atoms with Gasteiger partial charge in [0, 0.05) is 28.0 Å². The zero-order valence-electron chi connectivity index (χ0n) is 12.0. The zero-order valence-corrected chi connectivity index (χ0v) is 16.1. The van der Waals surface area contributed by atoms with Crippen molar-refractivity contribution in [2.75, 3.05) is 13.6 Å². The van der Waals surface area contributed by atoms with Crippen LogP contribution in [0.5, 0.6) is 0 Å². The van der Waals surface area contributed by atoms with Crippen LogP contribution in [-0.2, 0) is 10.0 Å². The molecule has 22 heavy (non-hydrogen) atoms. The van der Waals surface area contributed by atoms with Crippen LogP contribution in [0.3, 0.4) is 0 Å². The normalized spacial score (nSPS) is 12.7. The van der Waals surface area contributed by atoms with Gasteiger partial charge in [-0.25, -0.2) is 18.1 Å². The Kier molecular flexibility index (Phi) is 7.43. The van der Waals surface area contributed by atoms with Gasteiger partial charge in [0.25, 0.3) is 10.0 Å². The molecule has 5 nitrogen and oxygen atoms in total. The van der Waals surface area contributed by atoms with Crippen LogP contribution in [0.15, 0.2) is 39.1 Å². The predicted octanol–water partition coefficient (Wildman–Crippen LogP) is 2.88. The first-order valence-corrected chi connectivity index (χ1v) is 9.46. The Hall–Kier alpha value is -0.510. The number of hydrogen-bond acceptors (Lipinski definition) is 5. The van der Waals surface area contributed by atoms with Crippen LogP contribution in [0.2, 0.25) is 0 Å². The molecule has 2 N–H and O–H groups in total. The number of rotatable bonds is 6. The maximum Gasteiger partial charge on any atom is 0.258 e. The fourth-order valence-corrected chi connectivity index (χ4v) is 4.01. The SMILES string of the molecule is CNC(C)CNS(=O)(=O)c1csc(-c2ccc(Br)cc2)n1.Cl. The molecule has 0 aliphatic rings. The molecule has 1 heterocycles. The summed E-state index contributed by atoms with van der Waals surface area (Å²) >= 11 is 4.68. The highest BCUT2D eigenvalue weighted by atomic mass is 79.9. The maximum atomic E-state index is 12.1. The van der Waals surface area contributed by atoms with E-state index in [1.54, 1.807) is 12.4 Å². The van der Waals surface area contributed by atoms with Crippen molar-refractivity contribution in [1.82, 2.24) is 15.0 Å². The minimum absolute atomic E-state index is 0. The third-order valence-corrected chi connectivity index (χ3v) is 5.80. The van der Waals surface area contributed by atoms with E-state index < -0.39 is 10.0 Å². The Labute approximate surface area is 149 Å². The van der Waals surface area contributed by atoms with E-state index in [1.165, 1.54) is 11.3 Å². The number of halogens is 2. The van der Waals surface area contributed by atoms with Gasteiger partial charge >= 0.3 is 0 Å². The number of thiazole rings is 1. The number of hydrogen-bond donors (Lipinski definition) is 2. The second kappa shape index (κ2) is 8.37. The van der Waals surface area contributed by atoms with E-state index in [0.717, 1.165) is 10.0 Å². The molecule has 0 aliphatic heterocycles. The highest BCUT2D eigenvalue weighted by molar-refractivity contribution is 9.10. The van der Waals surface area contributed by atoms with Crippen molar-refractivity contribution in [2.24, 2.45) is 0 Å². The van der Waals surface area contributed by atoms with E-state index in [1.807, 2.05) is 31.2 Å². The molecule has 0 bridgehead atoms. The van der Waals surface area contributed by atoms with Crippen molar-refractivity contribution in [1.29, 1.82) is 0 Å². The van der Waals surface area contributed by atoms with Crippen molar-refractivity contribution in [3.8, 4) is 10.6 Å². The topological polar surface area (TPSA) is 71.1 Å². The number of benzene rings is 1. The fourth-order valence-electron chi connectivity index (χ4n) is 1.52. The Bertz CT molecular complexity index is 704. The highest BCUT2D eigenvalue weighted by Crippen LogP contribution is 2.26. The summed E-state index contributed by atoms with van der Waals surface area (Å²) in [5.41, 5.74) is 0.897. The van der Waals surface area contributed by atoms with Gasteiger partial charge in [0.15, 0.2) is 5.03 Å². The molecule has 1 unspecified atom stereocenters. The predicted molar refractivity (Wildman–Crippen MR) is 96.2 cm³/mol. The number of nitrogens with one attached hydrogen (secondary N) is 2. The molecule has 0 radical (unpaired) electrons. The van der Waals surface area contributed by atoms with Gasteiger partial charge in [-0.1, -0.05) is 28.1 Å². The van der Waals surface area contributed by atoms with E-state index >= 15 is 0 Å². The third-order valence-electron chi connectivity index (χ3n) is 2.92. The molecule has 1 aromatic heterocycles. The molecule has 2 rings (SSSR count). The minimum Gasteiger partial charge on any atom is -0.316 e. The summed E-state index contributed by atoms with van der Waals surface area (Å²) in [6.07, 6.45) is 0. The molecule has 0 aliphatic carbocycles. The maximum absolute atomic E-state index is 12.1. The Morgan fingerprint density at radius 2 is 1.95 bits per heavy atom. The first kappa shape index (κ1) is 19.5. The van der Waals surface area contributed by atoms with E-state index in [9.17, 15) is 8.42 Å². The fraction of sp³-hybridized carbons (Fsp3) is 0.308. The lowest BCUT2D eigenvalue weighted by Gasteiger charge is -2.10. The molecule has 122 valence electrons. The molecule has 0 spiro atoms. The Balaban J connectivity index is 0.00000242. The number of likely N-dealkylation sites (N-methyl/N-ethyl adjacent to an activating group) is 1. The molecule has 0 amide bonds. The van der Waals surface area contributed by atoms with E-state index in [4.69, 9.17) is 0 Å². The molecular weight excluding hydrogens is 410 g/mol. The van der Waals surface area contributed by atoms with Crippen LogP contribution >= 0.6 is 39.7 Å². The average Bonchev–Trinajstić information content (AvgIpc) is 2.96. The van der Waals surface area contributed by atoms with E-state index in [2.05, 4.69) is 31.0 Å². The Morgan fingerprint density at radius 1 is 1.32 bits per heavy atom. The zero-order chi connectivity index (χ0) is 15.5. The summed E-state index contributed by atoms with van der Waals surface area (Å²) in [6, 6.07) is 7.66. The van der Waals surface area contributed by atoms with Crippen LogP contribution in [0.1, 0.15) is 6.92 Å². The van der Waals surface area contributed by atoms with Gasteiger partial charge in [0.05, 0.1) is 0 Å². The monoisotopic (exact) mass is 425 g/mol. The first-order chi connectivity index (χ1) is 9.92. The third kappa shape index (κ3) is 5.00. The number of sulfonamides is 1. The molecule has 1 aromatic carbocycles. The molecule has 0 saturated carbocycles. The van der Waals surface area contributed by atoms with Crippen LogP contribution in [-0.4, -0.2) is 33.0 Å². The molecule has 0 saturated heterocycles. The van der Waals surface area contributed by atoms with Crippen LogP contribution < -0.4 is 10.0 Å².